The normalized spacial score (nSPS) is 13.2. The number of halogens is 4. The number of alkyl halides is 2. The van der Waals surface area contributed by atoms with E-state index in [-0.39, 0.29) is 48.0 Å². The number of aromatic nitrogens is 14. The number of nitrogens with one attached hydrogen (secondary N) is 2. The van der Waals surface area contributed by atoms with Gasteiger partial charge in [0.2, 0.25) is 35.3 Å². The summed E-state index contributed by atoms with van der Waals surface area (Å²) < 4.78 is 38.8. The van der Waals surface area contributed by atoms with Crippen LogP contribution in [0.4, 0.5) is 32.3 Å². The van der Waals surface area contributed by atoms with Crippen LogP contribution in [0.3, 0.4) is 0 Å². The molecule has 2 aromatic carbocycles. The Hall–Kier alpha value is -7.50. The first-order chi connectivity index (χ1) is 35.0. The van der Waals surface area contributed by atoms with Gasteiger partial charge in [0.05, 0.1) is 10.8 Å². The van der Waals surface area contributed by atoms with Gasteiger partial charge in [0.1, 0.15) is 26.0 Å². The number of aryl methyl sites for hydroxylation is 3. The Labute approximate surface area is 435 Å². The highest BCUT2D eigenvalue weighted by Gasteiger charge is 2.31. The summed E-state index contributed by atoms with van der Waals surface area (Å²) in [6.07, 6.45) is 12.2. The zero-order chi connectivity index (χ0) is 51.9. The summed E-state index contributed by atoms with van der Waals surface area (Å²) in [5.41, 5.74) is 10.8. The number of nitrogens with zero attached hydrogens (tertiary/aromatic N) is 14. The fraction of sp³-hybridized carbons (Fsp3) is 0.388. The van der Waals surface area contributed by atoms with E-state index in [9.17, 15) is 18.4 Å². The van der Waals surface area contributed by atoms with Crippen LogP contribution in [-0.4, -0.2) is 94.1 Å². The largest absolute Gasteiger partial charge is 0.338 e. The second-order valence-electron chi connectivity index (χ2n) is 18.9. The molecular formula is C49H55Cl2F2N17O4. The molecule has 74 heavy (non-hydrogen) atoms. The van der Waals surface area contributed by atoms with Crippen molar-refractivity contribution >= 4 is 58.6 Å². The van der Waals surface area contributed by atoms with Crippen LogP contribution in [0.5, 0.6) is 0 Å². The van der Waals surface area contributed by atoms with E-state index in [2.05, 4.69) is 93.7 Å². The molecule has 2 aliphatic rings. The number of rotatable bonds is 18. The Balaban J connectivity index is 0.000000181. The van der Waals surface area contributed by atoms with Crippen molar-refractivity contribution in [2.45, 2.75) is 95.4 Å². The van der Waals surface area contributed by atoms with Gasteiger partial charge >= 0.3 is 0 Å². The van der Waals surface area contributed by atoms with E-state index < -0.39 is 29.4 Å². The number of Topliss-reactive ketones (excluding diaryl/α,β-unsaturated/α-hetero) is 1. The summed E-state index contributed by atoms with van der Waals surface area (Å²) >= 11 is 5.09. The Morgan fingerprint density at radius 3 is 1.57 bits per heavy atom. The van der Waals surface area contributed by atoms with Gasteiger partial charge in [-0.3, -0.25) is 19.0 Å². The third kappa shape index (κ3) is 13.8. The van der Waals surface area contributed by atoms with E-state index in [0.717, 1.165) is 29.5 Å². The van der Waals surface area contributed by atoms with E-state index in [0.29, 0.717) is 60.0 Å². The molecular weight excluding hydrogens is 1000 g/mol. The molecule has 0 aliphatic heterocycles. The van der Waals surface area contributed by atoms with Gasteiger partial charge in [0, 0.05) is 62.7 Å². The molecule has 10 rings (SSSR count). The van der Waals surface area contributed by atoms with Gasteiger partial charge in [-0.25, -0.2) is 28.7 Å². The number of nitrogens with two attached hydrogens (primary N) is 1. The second-order valence-corrected chi connectivity index (χ2v) is 19.3. The smallest absolute Gasteiger partial charge is 0.293 e. The van der Waals surface area contributed by atoms with E-state index >= 15 is 0 Å². The van der Waals surface area contributed by atoms with Crippen LogP contribution in [0.2, 0.25) is 0 Å². The highest BCUT2D eigenvalue weighted by molar-refractivity contribution is 6.67. The third-order valence-electron chi connectivity index (χ3n) is 11.8. The number of hydrogen-bond acceptors (Lipinski definition) is 19. The highest BCUT2D eigenvalue weighted by atomic mass is 35.5. The lowest BCUT2D eigenvalue weighted by Crippen LogP contribution is -2.20. The monoisotopic (exact) mass is 1050 g/mol. The summed E-state index contributed by atoms with van der Waals surface area (Å²) in [7, 11) is 3.70. The standard InChI is InChI=1S/C25H27FN8O2.C17H19N7.C7H8ClFN2O2.ClH/c1-25(2,13-26)23-30-22(33-36-23)19(35)9-8-16-6-7-17(12-18(16)15-4-5-15)21-27-14-28-24(31-21)29-20-10-11-34(3)32-20;1-24-7-6-15(23-24)21-17-20-10-19-16(22-17)12-4-5-13(9-18)14(8-12)11-2-3-11;1-7(2,3-9)6-10-5(4(8)12)11-13-6;/h6-7,10-12,14-15H,4-5,8-9,13H2,1-3H3,(H,27,28,29,31,32);4-8,10-11H,2-3,9,18H2,1H3,(H,19,20,21,22,23);3H2,1-2H3;1H. The summed E-state index contributed by atoms with van der Waals surface area (Å²) in [5.74, 6) is 4.27. The van der Waals surface area contributed by atoms with Crippen LogP contribution >= 0.6 is 24.0 Å². The van der Waals surface area contributed by atoms with Gasteiger partial charge in [-0.1, -0.05) is 34.6 Å². The van der Waals surface area contributed by atoms with Crippen molar-refractivity contribution in [1.82, 2.24) is 69.7 Å². The predicted octanol–water partition coefficient (Wildman–Crippen LogP) is 8.81. The van der Waals surface area contributed by atoms with E-state index in [1.54, 1.807) is 37.1 Å². The van der Waals surface area contributed by atoms with E-state index in [1.807, 2.05) is 56.8 Å². The Bertz CT molecular complexity index is 3200. The van der Waals surface area contributed by atoms with Crippen molar-refractivity contribution in [3.63, 3.8) is 0 Å². The molecule has 8 aromatic rings. The quantitative estimate of drug-likeness (QED) is 0.0534. The van der Waals surface area contributed by atoms with Gasteiger partial charge in [-0.2, -0.15) is 30.1 Å². The van der Waals surface area contributed by atoms with Crippen LogP contribution in [0.1, 0.15) is 127 Å². The first-order valence-electron chi connectivity index (χ1n) is 23.4. The maximum Gasteiger partial charge on any atom is 0.293 e. The minimum absolute atomic E-state index is 0. The second kappa shape index (κ2) is 23.6. The average molecular weight is 1050 g/mol. The Morgan fingerprint density at radius 1 is 0.689 bits per heavy atom. The number of carbonyl (C=O) groups is 2. The minimum Gasteiger partial charge on any atom is -0.338 e. The van der Waals surface area contributed by atoms with Gasteiger partial charge in [0.25, 0.3) is 11.1 Å². The number of benzene rings is 2. The lowest BCUT2D eigenvalue weighted by molar-refractivity contribution is 0.0969. The molecule has 0 bridgehead atoms. The molecule has 0 radical (unpaired) electrons. The summed E-state index contributed by atoms with van der Waals surface area (Å²) in [6, 6.07) is 16.1. The number of hydrogen-bond donors (Lipinski definition) is 3. The first kappa shape index (κ1) is 54.3. The SMILES string of the molecule is CC(C)(CF)c1nc(C(=O)Cl)no1.Cl.Cn1ccc(Nc2ncnc(-c3ccc(CCC(=O)c4noc(C(C)(C)CF)n4)c(C4CC4)c3)n2)n1.Cn1ccc(Nc2ncnc(-c3ccc(CN)c(C4CC4)c3)n2)n1. The molecule has 25 heteroatoms. The lowest BCUT2D eigenvalue weighted by Gasteiger charge is -2.13. The van der Waals surface area contributed by atoms with Crippen LogP contribution in [0.25, 0.3) is 22.8 Å². The van der Waals surface area contributed by atoms with Crippen molar-refractivity contribution in [2.24, 2.45) is 19.8 Å². The third-order valence-corrected chi connectivity index (χ3v) is 12.0. The predicted molar refractivity (Wildman–Crippen MR) is 272 cm³/mol. The van der Waals surface area contributed by atoms with Crippen molar-refractivity contribution < 1.29 is 27.4 Å². The molecule has 388 valence electrons. The van der Waals surface area contributed by atoms with Crippen LogP contribution in [0, 0.1) is 0 Å². The Kier molecular flexibility index (Phi) is 17.3. The van der Waals surface area contributed by atoms with Gasteiger partial charge < -0.3 is 25.4 Å². The maximum atomic E-state index is 13.2. The molecule has 4 N–H and O–H groups in total. The van der Waals surface area contributed by atoms with Crippen molar-refractivity contribution in [3.8, 4) is 22.8 Å². The van der Waals surface area contributed by atoms with Crippen LogP contribution < -0.4 is 16.4 Å². The topological polar surface area (TPSA) is 275 Å². The summed E-state index contributed by atoms with van der Waals surface area (Å²) in [4.78, 5) is 57.1. The van der Waals surface area contributed by atoms with E-state index in [4.69, 9.17) is 21.9 Å². The summed E-state index contributed by atoms with van der Waals surface area (Å²) in [6.45, 7) is 5.75. The maximum absolute atomic E-state index is 13.2. The molecule has 2 saturated carbocycles. The minimum atomic E-state index is -0.914. The molecule has 6 aromatic heterocycles. The fourth-order valence-electron chi connectivity index (χ4n) is 7.28. The molecule has 0 saturated heterocycles. The fourth-order valence-corrected chi connectivity index (χ4v) is 7.36. The van der Waals surface area contributed by atoms with Gasteiger partial charge in [-0.05, 0) is 118 Å². The number of anilines is 4. The zero-order valence-electron chi connectivity index (χ0n) is 41.5. The Morgan fingerprint density at radius 2 is 1.15 bits per heavy atom. The van der Waals surface area contributed by atoms with Crippen LogP contribution in [0.15, 0.2) is 82.6 Å². The molecule has 0 unspecified atom stereocenters. The molecule has 0 atom stereocenters. The zero-order valence-corrected chi connectivity index (χ0v) is 43.0. The lowest BCUT2D eigenvalue weighted by atomic mass is 9.95. The van der Waals surface area contributed by atoms with Gasteiger partial charge in [-0.15, -0.1) is 12.4 Å². The first-order valence-corrected chi connectivity index (χ1v) is 23.8. The van der Waals surface area contributed by atoms with Crippen molar-refractivity contribution in [2.75, 3.05) is 24.0 Å². The van der Waals surface area contributed by atoms with Crippen molar-refractivity contribution in [1.29, 1.82) is 0 Å². The van der Waals surface area contributed by atoms with Crippen LogP contribution in [-0.2, 0) is 37.9 Å². The summed E-state index contributed by atoms with van der Waals surface area (Å²) in [5, 5.41) is 21.0. The molecule has 6 heterocycles. The molecule has 0 spiro atoms. The molecule has 2 fully saturated rings. The van der Waals surface area contributed by atoms with Crippen molar-refractivity contribution in [3.05, 3.63) is 119 Å². The number of carbonyl (C=O) groups excluding carboxylic acids is 2. The van der Waals surface area contributed by atoms with Gasteiger partial charge in [0.15, 0.2) is 23.3 Å². The van der Waals surface area contributed by atoms with E-state index in [1.165, 1.54) is 42.2 Å². The average Bonchev–Trinajstić information content (AvgIpc) is 4.18. The number of ketones is 1. The molecule has 0 amide bonds. The highest BCUT2D eigenvalue weighted by Crippen LogP contribution is 2.44. The molecule has 2 aliphatic carbocycles. The molecule has 21 nitrogen and oxygen atoms in total.